The van der Waals surface area contributed by atoms with E-state index in [0.29, 0.717) is 55.1 Å². The van der Waals surface area contributed by atoms with Gasteiger partial charge in [0.1, 0.15) is 0 Å². The Morgan fingerprint density at radius 1 is 0.677 bits per heavy atom. The summed E-state index contributed by atoms with van der Waals surface area (Å²) < 4.78 is 0. The minimum absolute atomic E-state index is 0.130. The van der Waals surface area contributed by atoms with Crippen molar-refractivity contribution in [3.05, 3.63) is 59.7 Å². The van der Waals surface area contributed by atoms with Crippen LogP contribution in [0, 0.1) is 0 Å². The highest BCUT2D eigenvalue weighted by Gasteiger charge is 2.24. The van der Waals surface area contributed by atoms with Crippen LogP contribution in [0.25, 0.3) is 0 Å². The van der Waals surface area contributed by atoms with Crippen LogP contribution in [-0.2, 0) is 9.59 Å². The van der Waals surface area contributed by atoms with Gasteiger partial charge in [0.05, 0.1) is 0 Å². The molecule has 2 N–H and O–H groups in total. The Hall–Kier alpha value is -3.68. The zero-order chi connectivity index (χ0) is 22.4. The summed E-state index contributed by atoms with van der Waals surface area (Å²) in [5, 5.41) is 5.37. The Labute approximate surface area is 181 Å². The van der Waals surface area contributed by atoms with Crippen LogP contribution in [-0.4, -0.2) is 59.6 Å². The van der Waals surface area contributed by atoms with Crippen LogP contribution in [0.2, 0.25) is 0 Å². The summed E-state index contributed by atoms with van der Waals surface area (Å²) in [5.74, 6) is -0.657. The SMILES string of the molecule is CC(=O)Nc1cccc(C(=O)N2CCCN(C(=O)c3cccc(NC(C)=O)c3)CC2)c1. The van der Waals surface area contributed by atoms with Gasteiger partial charge in [0.25, 0.3) is 11.8 Å². The molecule has 1 heterocycles. The van der Waals surface area contributed by atoms with Gasteiger partial charge in [-0.1, -0.05) is 12.1 Å². The monoisotopic (exact) mass is 422 g/mol. The lowest BCUT2D eigenvalue weighted by Gasteiger charge is -2.22. The molecule has 0 radical (unpaired) electrons. The fourth-order valence-corrected chi connectivity index (χ4v) is 3.56. The molecule has 3 rings (SSSR count). The molecule has 1 aliphatic heterocycles. The Kier molecular flexibility index (Phi) is 7.02. The van der Waals surface area contributed by atoms with E-state index in [0.717, 1.165) is 0 Å². The lowest BCUT2D eigenvalue weighted by molar-refractivity contribution is -0.115. The second-order valence-electron chi connectivity index (χ2n) is 7.46. The minimum Gasteiger partial charge on any atom is -0.337 e. The molecule has 2 aromatic carbocycles. The second-order valence-corrected chi connectivity index (χ2v) is 7.46. The molecule has 4 amide bonds. The Bertz CT molecular complexity index is 925. The lowest BCUT2D eigenvalue weighted by atomic mass is 10.1. The van der Waals surface area contributed by atoms with Crippen LogP contribution in [0.5, 0.6) is 0 Å². The summed E-state index contributed by atoms with van der Waals surface area (Å²) in [7, 11) is 0. The Morgan fingerprint density at radius 2 is 1.10 bits per heavy atom. The zero-order valence-corrected chi connectivity index (χ0v) is 17.7. The van der Waals surface area contributed by atoms with Crippen molar-refractivity contribution in [2.75, 3.05) is 36.8 Å². The first kappa shape index (κ1) is 22.0. The Balaban J connectivity index is 1.66. The third kappa shape index (κ3) is 5.91. The number of benzene rings is 2. The normalized spacial score (nSPS) is 13.9. The molecule has 8 heteroatoms. The maximum atomic E-state index is 13.0. The van der Waals surface area contributed by atoms with Crippen molar-refractivity contribution in [2.24, 2.45) is 0 Å². The number of carbonyl (C=O) groups is 4. The molecular formula is C23H26N4O4. The van der Waals surface area contributed by atoms with E-state index in [1.807, 2.05) is 0 Å². The highest BCUT2D eigenvalue weighted by molar-refractivity contribution is 5.98. The molecule has 8 nitrogen and oxygen atoms in total. The highest BCUT2D eigenvalue weighted by atomic mass is 16.2. The van der Waals surface area contributed by atoms with Gasteiger partial charge in [-0.05, 0) is 42.8 Å². The summed E-state index contributed by atoms with van der Waals surface area (Å²) in [6.45, 7) is 4.75. The fourth-order valence-electron chi connectivity index (χ4n) is 3.56. The van der Waals surface area contributed by atoms with Crippen LogP contribution in [0.4, 0.5) is 11.4 Å². The molecule has 0 spiro atoms. The van der Waals surface area contributed by atoms with Gasteiger partial charge in [0.2, 0.25) is 11.8 Å². The molecule has 0 atom stereocenters. The van der Waals surface area contributed by atoms with Crippen molar-refractivity contribution < 1.29 is 19.2 Å². The summed E-state index contributed by atoms with van der Waals surface area (Å²) in [4.78, 5) is 51.9. The average Bonchev–Trinajstić information content (AvgIpc) is 2.98. The summed E-state index contributed by atoms with van der Waals surface area (Å²) in [6, 6.07) is 13.7. The molecule has 0 unspecified atom stereocenters. The molecule has 1 saturated heterocycles. The average molecular weight is 422 g/mol. The van der Waals surface area contributed by atoms with E-state index in [-0.39, 0.29) is 23.6 Å². The third-order valence-electron chi connectivity index (χ3n) is 4.93. The van der Waals surface area contributed by atoms with E-state index in [1.54, 1.807) is 58.3 Å². The van der Waals surface area contributed by atoms with Gasteiger partial charge >= 0.3 is 0 Å². The predicted octanol–water partition coefficient (Wildman–Crippen LogP) is 2.59. The standard InChI is InChI=1S/C23H26N4O4/c1-16(28)24-20-8-3-6-18(14-20)22(30)26-10-5-11-27(13-12-26)23(31)19-7-4-9-21(15-19)25-17(2)29/h3-4,6-9,14-15H,5,10-13H2,1-2H3,(H,24,28)(H,25,29). The van der Waals surface area contributed by atoms with E-state index in [2.05, 4.69) is 10.6 Å². The molecule has 162 valence electrons. The van der Waals surface area contributed by atoms with Crippen molar-refractivity contribution >= 4 is 35.0 Å². The smallest absolute Gasteiger partial charge is 0.253 e. The number of nitrogens with zero attached hydrogens (tertiary/aromatic N) is 2. The lowest BCUT2D eigenvalue weighted by Crippen LogP contribution is -2.37. The first-order valence-corrected chi connectivity index (χ1v) is 10.2. The number of anilines is 2. The van der Waals surface area contributed by atoms with Crippen LogP contribution in [0.1, 0.15) is 41.0 Å². The van der Waals surface area contributed by atoms with Crippen LogP contribution < -0.4 is 10.6 Å². The van der Waals surface area contributed by atoms with E-state index in [4.69, 9.17) is 0 Å². The largest absolute Gasteiger partial charge is 0.337 e. The van der Waals surface area contributed by atoms with Crippen LogP contribution >= 0.6 is 0 Å². The number of hydrogen-bond acceptors (Lipinski definition) is 4. The van der Waals surface area contributed by atoms with Crippen molar-refractivity contribution in [3.63, 3.8) is 0 Å². The van der Waals surface area contributed by atoms with Gasteiger partial charge in [0.15, 0.2) is 0 Å². The molecule has 2 aromatic rings. The van der Waals surface area contributed by atoms with Gasteiger partial charge in [-0.3, -0.25) is 19.2 Å². The molecule has 0 bridgehead atoms. The fraction of sp³-hybridized carbons (Fsp3) is 0.304. The summed E-state index contributed by atoms with van der Waals surface area (Å²) in [6.07, 6.45) is 0.661. The number of rotatable bonds is 4. The summed E-state index contributed by atoms with van der Waals surface area (Å²) in [5.41, 5.74) is 2.14. The van der Waals surface area contributed by atoms with Crippen molar-refractivity contribution in [2.45, 2.75) is 20.3 Å². The molecule has 0 aromatic heterocycles. The number of nitrogens with one attached hydrogen (secondary N) is 2. The molecule has 0 aliphatic carbocycles. The van der Waals surface area contributed by atoms with Gasteiger partial charge in [-0.15, -0.1) is 0 Å². The second kappa shape index (κ2) is 9.88. The van der Waals surface area contributed by atoms with Gasteiger partial charge in [-0.25, -0.2) is 0 Å². The first-order chi connectivity index (χ1) is 14.8. The summed E-state index contributed by atoms with van der Waals surface area (Å²) >= 11 is 0. The first-order valence-electron chi connectivity index (χ1n) is 10.2. The molecule has 31 heavy (non-hydrogen) atoms. The number of amides is 4. The maximum absolute atomic E-state index is 13.0. The van der Waals surface area contributed by atoms with Crippen molar-refractivity contribution in [3.8, 4) is 0 Å². The van der Waals surface area contributed by atoms with Gasteiger partial charge < -0.3 is 20.4 Å². The van der Waals surface area contributed by atoms with Crippen LogP contribution in [0.3, 0.4) is 0 Å². The number of hydrogen-bond donors (Lipinski definition) is 2. The van der Waals surface area contributed by atoms with Gasteiger partial charge in [0, 0.05) is 62.5 Å². The zero-order valence-electron chi connectivity index (χ0n) is 17.7. The van der Waals surface area contributed by atoms with Crippen molar-refractivity contribution in [1.82, 2.24) is 9.80 Å². The van der Waals surface area contributed by atoms with E-state index >= 15 is 0 Å². The van der Waals surface area contributed by atoms with Gasteiger partial charge in [-0.2, -0.15) is 0 Å². The Morgan fingerprint density at radius 3 is 1.48 bits per heavy atom. The van der Waals surface area contributed by atoms with Crippen LogP contribution in [0.15, 0.2) is 48.5 Å². The minimum atomic E-state index is -0.198. The molecule has 1 fully saturated rings. The van der Waals surface area contributed by atoms with E-state index < -0.39 is 0 Å². The van der Waals surface area contributed by atoms with E-state index in [9.17, 15) is 19.2 Å². The number of carbonyl (C=O) groups excluding carboxylic acids is 4. The molecule has 1 aliphatic rings. The topological polar surface area (TPSA) is 98.8 Å². The molecular weight excluding hydrogens is 396 g/mol. The van der Waals surface area contributed by atoms with Crippen molar-refractivity contribution in [1.29, 1.82) is 0 Å². The maximum Gasteiger partial charge on any atom is 0.253 e. The van der Waals surface area contributed by atoms with E-state index in [1.165, 1.54) is 13.8 Å². The highest BCUT2D eigenvalue weighted by Crippen LogP contribution is 2.17. The quantitative estimate of drug-likeness (QED) is 0.791. The third-order valence-corrected chi connectivity index (χ3v) is 4.93. The predicted molar refractivity (Wildman–Crippen MR) is 118 cm³/mol. The molecule has 0 saturated carbocycles.